The lowest BCUT2D eigenvalue weighted by atomic mass is 10.1. The van der Waals surface area contributed by atoms with Crippen molar-refractivity contribution in [3.05, 3.63) is 59.7 Å². The molecule has 0 saturated carbocycles. The van der Waals surface area contributed by atoms with Crippen molar-refractivity contribution >= 4 is 21.6 Å². The molecule has 0 bridgehead atoms. The fourth-order valence-corrected chi connectivity index (χ4v) is 4.63. The summed E-state index contributed by atoms with van der Waals surface area (Å²) in [6, 6.07) is 8.26. The maximum Gasteiger partial charge on any atom is 0.261 e. The Morgan fingerprint density at radius 2 is 1.71 bits per heavy atom. The molecule has 0 aliphatic carbocycles. The largest absolute Gasteiger partial charge is 0.352 e. The summed E-state index contributed by atoms with van der Waals surface area (Å²) in [5.41, 5.74) is 0.612. The van der Waals surface area contributed by atoms with Crippen molar-refractivity contribution in [3.8, 4) is 0 Å². The van der Waals surface area contributed by atoms with Crippen LogP contribution in [0.2, 0.25) is 0 Å². The Hall–Kier alpha value is -2.52. The number of nitrogens with zero attached hydrogens (tertiary/aromatic N) is 1. The molecular weight excluding hydrogens is 424 g/mol. The fraction of sp³-hybridized carbons (Fsp3) is 0.409. The molecule has 1 amide bonds. The van der Waals surface area contributed by atoms with Gasteiger partial charge in [-0.2, -0.15) is 0 Å². The van der Waals surface area contributed by atoms with Gasteiger partial charge in [0.05, 0.1) is 4.90 Å². The standard InChI is InChI=1S/C22H27F2N3O3S/c1-16(15-27-11-3-2-4-12-27)14-25-22(28)17-5-7-18(8-6-17)26-31(29,30)19-9-10-20(23)21(24)13-19/h5-10,13,16,26H,2-4,11-12,14-15H2,1H3,(H,25,28). The van der Waals surface area contributed by atoms with Gasteiger partial charge in [-0.3, -0.25) is 9.52 Å². The van der Waals surface area contributed by atoms with E-state index in [0.29, 0.717) is 24.1 Å². The monoisotopic (exact) mass is 451 g/mol. The quantitative estimate of drug-likeness (QED) is 0.643. The highest BCUT2D eigenvalue weighted by Gasteiger charge is 2.18. The first-order chi connectivity index (χ1) is 14.7. The van der Waals surface area contributed by atoms with Gasteiger partial charge in [0.1, 0.15) is 0 Å². The zero-order chi connectivity index (χ0) is 22.4. The summed E-state index contributed by atoms with van der Waals surface area (Å²) < 4.78 is 53.3. The van der Waals surface area contributed by atoms with Gasteiger partial charge in [0.15, 0.2) is 11.6 Å². The molecule has 2 aromatic carbocycles. The second kappa shape index (κ2) is 10.2. The fourth-order valence-electron chi connectivity index (χ4n) is 3.56. The lowest BCUT2D eigenvalue weighted by Gasteiger charge is -2.29. The second-order valence-corrected chi connectivity index (χ2v) is 9.62. The number of carbonyl (C=O) groups excluding carboxylic acids is 1. The summed E-state index contributed by atoms with van der Waals surface area (Å²) in [6.07, 6.45) is 3.74. The molecule has 1 saturated heterocycles. The number of hydrogen-bond donors (Lipinski definition) is 2. The van der Waals surface area contributed by atoms with Crippen LogP contribution in [0.5, 0.6) is 0 Å². The van der Waals surface area contributed by atoms with Crippen molar-refractivity contribution in [2.45, 2.75) is 31.1 Å². The van der Waals surface area contributed by atoms with Gasteiger partial charge in [-0.25, -0.2) is 17.2 Å². The van der Waals surface area contributed by atoms with Gasteiger partial charge in [0.2, 0.25) is 0 Å². The van der Waals surface area contributed by atoms with Crippen LogP contribution >= 0.6 is 0 Å². The molecule has 9 heteroatoms. The summed E-state index contributed by atoms with van der Waals surface area (Å²) in [5, 5.41) is 2.91. The summed E-state index contributed by atoms with van der Waals surface area (Å²) in [7, 11) is -4.08. The third-order valence-corrected chi connectivity index (χ3v) is 6.61. The first kappa shape index (κ1) is 23.1. The minimum absolute atomic E-state index is 0.208. The molecule has 1 fully saturated rings. The molecule has 6 nitrogen and oxygen atoms in total. The van der Waals surface area contributed by atoms with E-state index in [0.717, 1.165) is 31.8 Å². The highest BCUT2D eigenvalue weighted by molar-refractivity contribution is 7.92. The average molecular weight is 452 g/mol. The van der Waals surface area contributed by atoms with E-state index in [1.54, 1.807) is 0 Å². The molecular formula is C22H27F2N3O3S. The molecule has 1 aliphatic rings. The smallest absolute Gasteiger partial charge is 0.261 e. The van der Waals surface area contributed by atoms with Crippen LogP contribution in [0, 0.1) is 17.6 Å². The van der Waals surface area contributed by atoms with Gasteiger partial charge in [-0.05, 0) is 74.3 Å². The van der Waals surface area contributed by atoms with Crippen LogP contribution in [0.1, 0.15) is 36.5 Å². The highest BCUT2D eigenvalue weighted by atomic mass is 32.2. The van der Waals surface area contributed by atoms with E-state index < -0.39 is 26.6 Å². The lowest BCUT2D eigenvalue weighted by molar-refractivity contribution is 0.0942. The molecule has 168 valence electrons. The predicted octanol–water partition coefficient (Wildman–Crippen LogP) is 3.62. The number of piperidine rings is 1. The third kappa shape index (κ3) is 6.48. The molecule has 1 heterocycles. The van der Waals surface area contributed by atoms with Crippen molar-refractivity contribution < 1.29 is 22.0 Å². The van der Waals surface area contributed by atoms with Gasteiger partial charge in [0, 0.05) is 24.3 Å². The van der Waals surface area contributed by atoms with Crippen molar-refractivity contribution in [1.82, 2.24) is 10.2 Å². The van der Waals surface area contributed by atoms with E-state index in [1.165, 1.54) is 43.5 Å². The van der Waals surface area contributed by atoms with Crippen LogP contribution in [0.4, 0.5) is 14.5 Å². The Morgan fingerprint density at radius 3 is 2.35 bits per heavy atom. The Labute approximate surface area is 181 Å². The van der Waals surface area contributed by atoms with Gasteiger partial charge in [-0.1, -0.05) is 13.3 Å². The number of sulfonamides is 1. The molecule has 1 unspecified atom stereocenters. The number of carbonyl (C=O) groups is 1. The summed E-state index contributed by atoms with van der Waals surface area (Å²) >= 11 is 0. The van der Waals surface area contributed by atoms with E-state index in [1.807, 2.05) is 0 Å². The van der Waals surface area contributed by atoms with Gasteiger partial charge in [-0.15, -0.1) is 0 Å². The first-order valence-corrected chi connectivity index (χ1v) is 11.8. The molecule has 2 N–H and O–H groups in total. The number of likely N-dealkylation sites (tertiary alicyclic amines) is 1. The van der Waals surface area contributed by atoms with Crippen LogP contribution in [0.3, 0.4) is 0 Å². The van der Waals surface area contributed by atoms with Gasteiger partial charge in [0.25, 0.3) is 15.9 Å². The van der Waals surface area contributed by atoms with Crippen molar-refractivity contribution in [1.29, 1.82) is 0 Å². The van der Waals surface area contributed by atoms with Gasteiger partial charge < -0.3 is 10.2 Å². The molecule has 0 spiro atoms. The van der Waals surface area contributed by atoms with Crippen LogP contribution < -0.4 is 10.0 Å². The number of anilines is 1. The van der Waals surface area contributed by atoms with Crippen molar-refractivity contribution in [2.24, 2.45) is 5.92 Å². The zero-order valence-corrected chi connectivity index (χ0v) is 18.2. The predicted molar refractivity (Wildman–Crippen MR) is 115 cm³/mol. The van der Waals surface area contributed by atoms with Gasteiger partial charge >= 0.3 is 0 Å². The number of rotatable bonds is 8. The third-order valence-electron chi connectivity index (χ3n) is 5.23. The Morgan fingerprint density at radius 1 is 1.03 bits per heavy atom. The highest BCUT2D eigenvalue weighted by Crippen LogP contribution is 2.19. The number of amides is 1. The Balaban J connectivity index is 1.54. The Bertz CT molecular complexity index is 1010. The maximum absolute atomic E-state index is 13.3. The number of halogens is 2. The summed E-state index contributed by atoms with van der Waals surface area (Å²) in [4.78, 5) is 14.4. The van der Waals surface area contributed by atoms with Crippen LogP contribution in [0.15, 0.2) is 47.4 Å². The normalized spacial score (nSPS) is 16.0. The van der Waals surface area contributed by atoms with E-state index in [4.69, 9.17) is 0 Å². The topological polar surface area (TPSA) is 78.5 Å². The van der Waals surface area contributed by atoms with Crippen molar-refractivity contribution in [2.75, 3.05) is 30.9 Å². The summed E-state index contributed by atoms with van der Waals surface area (Å²) in [6.45, 7) is 5.83. The zero-order valence-electron chi connectivity index (χ0n) is 17.4. The van der Waals surface area contributed by atoms with E-state index >= 15 is 0 Å². The lowest BCUT2D eigenvalue weighted by Crippen LogP contribution is -2.38. The number of hydrogen-bond acceptors (Lipinski definition) is 4. The SMILES string of the molecule is CC(CNC(=O)c1ccc(NS(=O)(=O)c2ccc(F)c(F)c2)cc1)CN1CCCCC1. The van der Waals surface area contributed by atoms with E-state index in [-0.39, 0.29) is 11.6 Å². The number of nitrogens with one attached hydrogen (secondary N) is 2. The van der Waals surface area contributed by atoms with Crippen LogP contribution in [-0.2, 0) is 10.0 Å². The van der Waals surface area contributed by atoms with E-state index in [2.05, 4.69) is 21.9 Å². The molecule has 2 aromatic rings. The molecule has 0 aromatic heterocycles. The minimum atomic E-state index is -4.08. The minimum Gasteiger partial charge on any atom is -0.352 e. The van der Waals surface area contributed by atoms with Crippen LogP contribution in [-0.4, -0.2) is 45.4 Å². The number of benzene rings is 2. The average Bonchev–Trinajstić information content (AvgIpc) is 2.75. The second-order valence-electron chi connectivity index (χ2n) is 7.94. The van der Waals surface area contributed by atoms with E-state index in [9.17, 15) is 22.0 Å². The molecule has 1 atom stereocenters. The molecule has 3 rings (SSSR count). The Kier molecular flexibility index (Phi) is 7.61. The molecule has 31 heavy (non-hydrogen) atoms. The maximum atomic E-state index is 13.3. The molecule has 1 aliphatic heterocycles. The van der Waals surface area contributed by atoms with Crippen LogP contribution in [0.25, 0.3) is 0 Å². The first-order valence-electron chi connectivity index (χ1n) is 10.3. The summed E-state index contributed by atoms with van der Waals surface area (Å²) in [5.74, 6) is -2.28. The molecule has 0 radical (unpaired) electrons. The van der Waals surface area contributed by atoms with Crippen molar-refractivity contribution in [3.63, 3.8) is 0 Å².